The summed E-state index contributed by atoms with van der Waals surface area (Å²) < 4.78 is 0. The van der Waals surface area contributed by atoms with Crippen LogP contribution in [-0.2, 0) is 0 Å². The first kappa shape index (κ1) is 19.3. The lowest BCUT2D eigenvalue weighted by Gasteiger charge is -2.38. The van der Waals surface area contributed by atoms with E-state index in [1.165, 1.54) is 0 Å². The van der Waals surface area contributed by atoms with E-state index in [2.05, 4.69) is 46.4 Å². The standard InChI is InChI=1S/C17H27Cl2N5/c1-12(15-6-5-13(18)9-16(15)19)22-17(20-2)21-10-14-11-23(3)7-8-24(14)4/h5-6,9,12,14H,7-8,10-11H2,1-4H3,(H2,20,21,22). The molecule has 1 aromatic carbocycles. The highest BCUT2D eigenvalue weighted by molar-refractivity contribution is 6.35. The molecule has 0 bridgehead atoms. The summed E-state index contributed by atoms with van der Waals surface area (Å²) in [7, 11) is 6.12. The van der Waals surface area contributed by atoms with Gasteiger partial charge in [0.15, 0.2) is 5.96 Å². The van der Waals surface area contributed by atoms with Crippen LogP contribution in [0.1, 0.15) is 18.5 Å². The molecule has 1 saturated heterocycles. The van der Waals surface area contributed by atoms with Crippen molar-refractivity contribution in [2.75, 3.05) is 47.3 Å². The van der Waals surface area contributed by atoms with Crippen molar-refractivity contribution in [1.82, 2.24) is 20.4 Å². The molecule has 7 heteroatoms. The maximum Gasteiger partial charge on any atom is 0.191 e. The van der Waals surface area contributed by atoms with E-state index >= 15 is 0 Å². The largest absolute Gasteiger partial charge is 0.355 e. The van der Waals surface area contributed by atoms with Crippen molar-refractivity contribution in [2.45, 2.75) is 19.0 Å². The molecule has 2 rings (SSSR count). The second kappa shape index (κ2) is 8.90. The fraction of sp³-hybridized carbons (Fsp3) is 0.588. The lowest BCUT2D eigenvalue weighted by atomic mass is 10.1. The van der Waals surface area contributed by atoms with Gasteiger partial charge in [-0.15, -0.1) is 0 Å². The van der Waals surface area contributed by atoms with Crippen LogP contribution in [0.4, 0.5) is 0 Å². The highest BCUT2D eigenvalue weighted by Gasteiger charge is 2.22. The first-order chi connectivity index (χ1) is 11.4. The number of nitrogens with zero attached hydrogens (tertiary/aromatic N) is 3. The summed E-state index contributed by atoms with van der Waals surface area (Å²) in [5, 5.41) is 8.11. The van der Waals surface area contributed by atoms with Crippen LogP contribution in [-0.4, -0.2) is 69.1 Å². The van der Waals surface area contributed by atoms with E-state index in [1.807, 2.05) is 12.1 Å². The van der Waals surface area contributed by atoms with Crippen LogP contribution in [0, 0.1) is 0 Å². The van der Waals surface area contributed by atoms with Gasteiger partial charge in [0.1, 0.15) is 0 Å². The summed E-state index contributed by atoms with van der Waals surface area (Å²) in [5.41, 5.74) is 0.999. The van der Waals surface area contributed by atoms with Gasteiger partial charge < -0.3 is 15.5 Å². The molecule has 1 fully saturated rings. The number of piperazine rings is 1. The monoisotopic (exact) mass is 371 g/mol. The molecule has 1 aromatic rings. The van der Waals surface area contributed by atoms with Crippen LogP contribution in [0.15, 0.2) is 23.2 Å². The van der Waals surface area contributed by atoms with Gasteiger partial charge in [-0.3, -0.25) is 9.89 Å². The first-order valence-electron chi connectivity index (χ1n) is 8.21. The van der Waals surface area contributed by atoms with Crippen LogP contribution in [0.2, 0.25) is 10.0 Å². The summed E-state index contributed by atoms with van der Waals surface area (Å²) in [4.78, 5) is 9.07. The minimum Gasteiger partial charge on any atom is -0.355 e. The number of hydrogen-bond donors (Lipinski definition) is 2. The third kappa shape index (κ3) is 5.24. The van der Waals surface area contributed by atoms with Crippen LogP contribution >= 0.6 is 23.2 Å². The van der Waals surface area contributed by atoms with Crippen LogP contribution < -0.4 is 10.6 Å². The quantitative estimate of drug-likeness (QED) is 0.630. The fourth-order valence-corrected chi connectivity index (χ4v) is 3.44. The Morgan fingerprint density at radius 2 is 2.08 bits per heavy atom. The zero-order valence-electron chi connectivity index (χ0n) is 14.8. The predicted octanol–water partition coefficient (Wildman–Crippen LogP) is 2.47. The van der Waals surface area contributed by atoms with E-state index in [1.54, 1.807) is 13.1 Å². The number of rotatable bonds is 4. The Labute approximate surface area is 155 Å². The molecule has 1 aliphatic heterocycles. The summed E-state index contributed by atoms with van der Waals surface area (Å²) in [6.07, 6.45) is 0. The summed E-state index contributed by atoms with van der Waals surface area (Å²) in [5.74, 6) is 0.773. The highest BCUT2D eigenvalue weighted by atomic mass is 35.5. The van der Waals surface area contributed by atoms with Crippen LogP contribution in [0.5, 0.6) is 0 Å². The van der Waals surface area contributed by atoms with E-state index in [0.717, 1.165) is 37.7 Å². The van der Waals surface area contributed by atoms with E-state index in [4.69, 9.17) is 23.2 Å². The van der Waals surface area contributed by atoms with E-state index < -0.39 is 0 Å². The maximum absolute atomic E-state index is 6.29. The number of hydrogen-bond acceptors (Lipinski definition) is 3. The lowest BCUT2D eigenvalue weighted by molar-refractivity contribution is 0.116. The second-order valence-electron chi connectivity index (χ2n) is 6.38. The predicted molar refractivity (Wildman–Crippen MR) is 103 cm³/mol. The molecule has 0 saturated carbocycles. The number of halogens is 2. The van der Waals surface area contributed by atoms with Crippen molar-refractivity contribution in [1.29, 1.82) is 0 Å². The molecule has 0 spiro atoms. The second-order valence-corrected chi connectivity index (χ2v) is 7.23. The Bertz CT molecular complexity index is 578. The fourth-order valence-electron chi connectivity index (χ4n) is 2.87. The van der Waals surface area contributed by atoms with Gasteiger partial charge in [-0.25, -0.2) is 0 Å². The summed E-state index contributed by atoms with van der Waals surface area (Å²) >= 11 is 12.3. The first-order valence-corrected chi connectivity index (χ1v) is 8.97. The van der Waals surface area contributed by atoms with Crippen LogP contribution in [0.25, 0.3) is 0 Å². The van der Waals surface area contributed by atoms with Gasteiger partial charge in [0.05, 0.1) is 6.04 Å². The molecular weight excluding hydrogens is 345 g/mol. The Balaban J connectivity index is 1.92. The molecular formula is C17H27Cl2N5. The number of nitrogens with one attached hydrogen (secondary N) is 2. The Hall–Kier alpha value is -1.01. The molecule has 2 atom stereocenters. The molecule has 0 aromatic heterocycles. The van der Waals surface area contributed by atoms with Gasteiger partial charge in [0.25, 0.3) is 0 Å². The smallest absolute Gasteiger partial charge is 0.191 e. The van der Waals surface area contributed by atoms with E-state index in [-0.39, 0.29) is 6.04 Å². The number of likely N-dealkylation sites (N-methyl/N-ethyl adjacent to an activating group) is 2. The van der Waals surface area contributed by atoms with E-state index in [9.17, 15) is 0 Å². The molecule has 24 heavy (non-hydrogen) atoms. The molecule has 2 N–H and O–H groups in total. The zero-order chi connectivity index (χ0) is 17.7. The van der Waals surface area contributed by atoms with Crippen molar-refractivity contribution in [3.63, 3.8) is 0 Å². The highest BCUT2D eigenvalue weighted by Crippen LogP contribution is 2.25. The van der Waals surface area contributed by atoms with Crippen molar-refractivity contribution >= 4 is 29.2 Å². The average Bonchev–Trinajstić information content (AvgIpc) is 2.54. The van der Waals surface area contributed by atoms with Gasteiger partial charge in [-0.1, -0.05) is 29.3 Å². The summed E-state index contributed by atoms with van der Waals surface area (Å²) in [6.45, 7) is 6.17. The average molecular weight is 372 g/mol. The van der Waals surface area contributed by atoms with Crippen molar-refractivity contribution in [2.24, 2.45) is 4.99 Å². The van der Waals surface area contributed by atoms with Gasteiger partial charge in [0, 0.05) is 49.3 Å². The molecule has 0 radical (unpaired) electrons. The number of benzene rings is 1. The lowest BCUT2D eigenvalue weighted by Crippen LogP contribution is -2.55. The van der Waals surface area contributed by atoms with Crippen molar-refractivity contribution in [3.05, 3.63) is 33.8 Å². The third-order valence-electron chi connectivity index (χ3n) is 4.49. The van der Waals surface area contributed by atoms with Gasteiger partial charge >= 0.3 is 0 Å². The Morgan fingerprint density at radius 1 is 1.33 bits per heavy atom. The van der Waals surface area contributed by atoms with Gasteiger partial charge in [0.2, 0.25) is 0 Å². The van der Waals surface area contributed by atoms with Gasteiger partial charge in [-0.05, 0) is 38.7 Å². The number of guanidine groups is 1. The molecule has 1 heterocycles. The van der Waals surface area contributed by atoms with Crippen molar-refractivity contribution in [3.8, 4) is 0 Å². The zero-order valence-corrected chi connectivity index (χ0v) is 16.3. The normalized spacial score (nSPS) is 21.6. The van der Waals surface area contributed by atoms with Crippen molar-refractivity contribution < 1.29 is 0 Å². The third-order valence-corrected chi connectivity index (χ3v) is 5.05. The minimum absolute atomic E-state index is 0.0349. The summed E-state index contributed by atoms with van der Waals surface area (Å²) in [6, 6.07) is 6.06. The number of aliphatic imine (C=N–C) groups is 1. The van der Waals surface area contributed by atoms with Gasteiger partial charge in [-0.2, -0.15) is 0 Å². The molecule has 5 nitrogen and oxygen atoms in total. The van der Waals surface area contributed by atoms with Crippen LogP contribution in [0.3, 0.4) is 0 Å². The minimum atomic E-state index is 0.0349. The molecule has 0 amide bonds. The molecule has 1 aliphatic rings. The molecule has 2 unspecified atom stereocenters. The Morgan fingerprint density at radius 3 is 2.75 bits per heavy atom. The molecule has 0 aliphatic carbocycles. The Kier molecular flexibility index (Phi) is 7.16. The topological polar surface area (TPSA) is 42.9 Å². The maximum atomic E-state index is 6.29. The SMILES string of the molecule is CN=C(NCC1CN(C)CCN1C)NC(C)c1ccc(Cl)cc1Cl. The molecule has 134 valence electrons. The van der Waals surface area contributed by atoms with E-state index in [0.29, 0.717) is 16.1 Å².